The van der Waals surface area contributed by atoms with E-state index in [1.807, 2.05) is 6.07 Å². The van der Waals surface area contributed by atoms with E-state index in [-0.39, 0.29) is 0 Å². The van der Waals surface area contributed by atoms with Crippen molar-refractivity contribution in [3.8, 4) is 0 Å². The fourth-order valence-corrected chi connectivity index (χ4v) is 3.55. The number of benzene rings is 2. The minimum absolute atomic E-state index is 0.365. The lowest BCUT2D eigenvalue weighted by Crippen LogP contribution is -1.98. The Labute approximate surface area is 147 Å². The number of thioether (sulfide) groups is 1. The van der Waals surface area contributed by atoms with Crippen LogP contribution in [-0.4, -0.2) is 10.2 Å². The van der Waals surface area contributed by atoms with Gasteiger partial charge in [0.15, 0.2) is 0 Å². The lowest BCUT2D eigenvalue weighted by molar-refractivity contribution is 0.404. The second-order valence-corrected chi connectivity index (χ2v) is 7.19. The van der Waals surface area contributed by atoms with Crippen LogP contribution in [0.2, 0.25) is 0 Å². The molecule has 0 aliphatic heterocycles. The Morgan fingerprint density at radius 3 is 2.42 bits per heavy atom. The zero-order valence-corrected chi connectivity index (χ0v) is 15.1. The molecular formula is C20H22N2OS. The van der Waals surface area contributed by atoms with Crippen LogP contribution in [0.4, 0.5) is 0 Å². The third-order valence-electron chi connectivity index (χ3n) is 3.94. The highest BCUT2D eigenvalue weighted by atomic mass is 32.2. The van der Waals surface area contributed by atoms with E-state index >= 15 is 0 Å². The zero-order valence-electron chi connectivity index (χ0n) is 14.3. The van der Waals surface area contributed by atoms with Crippen LogP contribution in [0.15, 0.2) is 58.2 Å². The van der Waals surface area contributed by atoms with Crippen molar-refractivity contribution in [2.45, 2.75) is 44.1 Å². The SMILES string of the molecule is Cc1cc(C)cc(CSc2nnc(CC(C)c3ccccc3)o2)c1. The zero-order chi connectivity index (χ0) is 16.9. The van der Waals surface area contributed by atoms with Crippen molar-refractivity contribution in [1.29, 1.82) is 0 Å². The lowest BCUT2D eigenvalue weighted by Gasteiger charge is -2.08. The highest BCUT2D eigenvalue weighted by Gasteiger charge is 2.12. The highest BCUT2D eigenvalue weighted by molar-refractivity contribution is 7.98. The number of hydrogen-bond acceptors (Lipinski definition) is 4. The third-order valence-corrected chi connectivity index (χ3v) is 4.83. The van der Waals surface area contributed by atoms with E-state index in [2.05, 4.69) is 73.4 Å². The van der Waals surface area contributed by atoms with Gasteiger partial charge in [0.25, 0.3) is 5.22 Å². The van der Waals surface area contributed by atoms with Gasteiger partial charge in [-0.25, -0.2) is 0 Å². The maximum Gasteiger partial charge on any atom is 0.276 e. The molecule has 0 amide bonds. The van der Waals surface area contributed by atoms with Crippen LogP contribution in [0.1, 0.15) is 41.0 Å². The minimum atomic E-state index is 0.365. The molecule has 3 aromatic rings. The Morgan fingerprint density at radius 2 is 1.71 bits per heavy atom. The van der Waals surface area contributed by atoms with Gasteiger partial charge in [0, 0.05) is 12.2 Å². The Morgan fingerprint density at radius 1 is 1.00 bits per heavy atom. The van der Waals surface area contributed by atoms with Gasteiger partial charge in [0.1, 0.15) is 0 Å². The van der Waals surface area contributed by atoms with Crippen molar-refractivity contribution >= 4 is 11.8 Å². The first kappa shape index (κ1) is 16.8. The lowest BCUT2D eigenvalue weighted by atomic mass is 9.98. The minimum Gasteiger partial charge on any atom is -0.416 e. The molecule has 0 aliphatic rings. The Bertz CT molecular complexity index is 778. The Hall–Kier alpha value is -2.07. The monoisotopic (exact) mass is 338 g/mol. The molecule has 3 rings (SSSR count). The fraction of sp³-hybridized carbons (Fsp3) is 0.300. The molecule has 3 nitrogen and oxygen atoms in total. The molecule has 124 valence electrons. The van der Waals surface area contributed by atoms with E-state index in [9.17, 15) is 0 Å². The maximum absolute atomic E-state index is 5.80. The predicted molar refractivity (Wildman–Crippen MR) is 98.3 cm³/mol. The summed E-state index contributed by atoms with van der Waals surface area (Å²) in [5.41, 5.74) is 5.15. The van der Waals surface area contributed by atoms with E-state index in [0.29, 0.717) is 17.0 Å². The van der Waals surface area contributed by atoms with Crippen molar-refractivity contribution in [2.75, 3.05) is 0 Å². The van der Waals surface area contributed by atoms with Gasteiger partial charge < -0.3 is 4.42 Å². The van der Waals surface area contributed by atoms with Crippen molar-refractivity contribution in [1.82, 2.24) is 10.2 Å². The summed E-state index contributed by atoms with van der Waals surface area (Å²) < 4.78 is 5.80. The molecule has 0 N–H and O–H groups in total. The van der Waals surface area contributed by atoms with Crippen molar-refractivity contribution in [2.24, 2.45) is 0 Å². The Kier molecular flexibility index (Phi) is 5.36. The first-order valence-electron chi connectivity index (χ1n) is 8.17. The number of rotatable bonds is 6. The molecule has 4 heteroatoms. The van der Waals surface area contributed by atoms with E-state index in [0.717, 1.165) is 12.2 Å². The van der Waals surface area contributed by atoms with Gasteiger partial charge in [-0.1, -0.05) is 78.3 Å². The molecule has 0 spiro atoms. The van der Waals surface area contributed by atoms with Crippen LogP contribution in [0, 0.1) is 13.8 Å². The van der Waals surface area contributed by atoms with Gasteiger partial charge in [-0.2, -0.15) is 0 Å². The molecule has 0 aliphatic carbocycles. The Balaban J connectivity index is 1.59. The summed E-state index contributed by atoms with van der Waals surface area (Å²) in [6, 6.07) is 17.0. The average Bonchev–Trinajstić information content (AvgIpc) is 3.00. The molecule has 0 saturated heterocycles. The molecule has 1 atom stereocenters. The number of aryl methyl sites for hydroxylation is 2. The predicted octanol–water partition coefficient (Wildman–Crippen LogP) is 5.32. The van der Waals surface area contributed by atoms with Gasteiger partial charge >= 0.3 is 0 Å². The summed E-state index contributed by atoms with van der Waals surface area (Å²) in [6.45, 7) is 6.43. The second-order valence-electron chi connectivity index (χ2n) is 6.26. The summed E-state index contributed by atoms with van der Waals surface area (Å²) in [7, 11) is 0. The van der Waals surface area contributed by atoms with E-state index in [1.54, 1.807) is 11.8 Å². The van der Waals surface area contributed by atoms with Crippen LogP contribution >= 0.6 is 11.8 Å². The third kappa shape index (κ3) is 4.48. The number of nitrogens with zero attached hydrogens (tertiary/aromatic N) is 2. The quantitative estimate of drug-likeness (QED) is 0.570. The van der Waals surface area contributed by atoms with Crippen LogP contribution in [0.25, 0.3) is 0 Å². The molecule has 2 aromatic carbocycles. The van der Waals surface area contributed by atoms with Gasteiger partial charge in [-0.3, -0.25) is 0 Å². The molecule has 24 heavy (non-hydrogen) atoms. The van der Waals surface area contributed by atoms with Crippen LogP contribution in [-0.2, 0) is 12.2 Å². The molecule has 0 saturated carbocycles. The standard InChI is InChI=1S/C20H22N2OS/c1-14-9-15(2)11-17(10-14)13-24-20-22-21-19(23-20)12-16(3)18-7-5-4-6-8-18/h4-11,16H,12-13H2,1-3H3. The van der Waals surface area contributed by atoms with Crippen molar-refractivity contribution in [3.05, 3.63) is 76.7 Å². The molecule has 1 heterocycles. The van der Waals surface area contributed by atoms with Crippen LogP contribution < -0.4 is 0 Å². The van der Waals surface area contributed by atoms with Crippen LogP contribution in [0.3, 0.4) is 0 Å². The topological polar surface area (TPSA) is 38.9 Å². The summed E-state index contributed by atoms with van der Waals surface area (Å²) in [6.07, 6.45) is 0.765. The molecule has 1 aromatic heterocycles. The first-order chi connectivity index (χ1) is 11.6. The smallest absolute Gasteiger partial charge is 0.276 e. The highest BCUT2D eigenvalue weighted by Crippen LogP contribution is 2.25. The molecule has 1 unspecified atom stereocenters. The van der Waals surface area contributed by atoms with Crippen LogP contribution in [0.5, 0.6) is 0 Å². The fourth-order valence-electron chi connectivity index (χ4n) is 2.84. The maximum atomic E-state index is 5.80. The molecule has 0 radical (unpaired) electrons. The molecule has 0 fully saturated rings. The normalized spacial score (nSPS) is 12.3. The van der Waals surface area contributed by atoms with Gasteiger partial charge in [0.2, 0.25) is 5.89 Å². The summed E-state index contributed by atoms with van der Waals surface area (Å²) in [5, 5.41) is 9.00. The van der Waals surface area contributed by atoms with E-state index in [1.165, 1.54) is 22.3 Å². The first-order valence-corrected chi connectivity index (χ1v) is 9.16. The van der Waals surface area contributed by atoms with E-state index in [4.69, 9.17) is 4.42 Å². The molecule has 0 bridgehead atoms. The van der Waals surface area contributed by atoms with Gasteiger partial charge in [0.05, 0.1) is 0 Å². The second kappa shape index (κ2) is 7.67. The van der Waals surface area contributed by atoms with Crippen molar-refractivity contribution in [3.63, 3.8) is 0 Å². The summed E-state index contributed by atoms with van der Waals surface area (Å²) >= 11 is 1.59. The number of aromatic nitrogens is 2. The summed E-state index contributed by atoms with van der Waals surface area (Å²) in [4.78, 5) is 0. The van der Waals surface area contributed by atoms with Crippen molar-refractivity contribution < 1.29 is 4.42 Å². The largest absolute Gasteiger partial charge is 0.416 e. The summed E-state index contributed by atoms with van der Waals surface area (Å²) in [5.74, 6) is 1.91. The van der Waals surface area contributed by atoms with Gasteiger partial charge in [-0.05, 0) is 30.9 Å². The molecular weight excluding hydrogens is 316 g/mol. The van der Waals surface area contributed by atoms with E-state index < -0.39 is 0 Å². The average molecular weight is 338 g/mol. The van der Waals surface area contributed by atoms with Gasteiger partial charge in [-0.15, -0.1) is 10.2 Å². The number of hydrogen-bond donors (Lipinski definition) is 0.